The van der Waals surface area contributed by atoms with Gasteiger partial charge in [0, 0.05) is 32.3 Å². The van der Waals surface area contributed by atoms with Gasteiger partial charge in [0.05, 0.1) is 12.2 Å². The molecule has 2 aromatic rings. The second-order valence-corrected chi connectivity index (χ2v) is 7.69. The molecule has 1 aromatic carbocycles. The second kappa shape index (κ2) is 5.99. The van der Waals surface area contributed by atoms with E-state index in [0.717, 1.165) is 4.31 Å². The fraction of sp³-hybridized carbons (Fsp3) is 0.333. The molecular formula is C15H16FN3O4S. The number of rotatable bonds is 4. The van der Waals surface area contributed by atoms with Crippen LogP contribution in [0.15, 0.2) is 41.8 Å². The van der Waals surface area contributed by atoms with Gasteiger partial charge in [-0.3, -0.25) is 4.79 Å². The Balaban J connectivity index is 1.93. The summed E-state index contributed by atoms with van der Waals surface area (Å²) >= 11 is 0. The number of hydrogen-bond acceptors (Lipinski definition) is 4. The van der Waals surface area contributed by atoms with Crippen molar-refractivity contribution in [2.24, 2.45) is 13.0 Å². The molecule has 0 saturated carbocycles. The molecule has 1 fully saturated rings. The maximum absolute atomic E-state index is 13.1. The van der Waals surface area contributed by atoms with Gasteiger partial charge in [-0.15, -0.1) is 0 Å². The summed E-state index contributed by atoms with van der Waals surface area (Å²) in [5.41, 5.74) is 0.600. The third-order valence-electron chi connectivity index (χ3n) is 4.19. The van der Waals surface area contributed by atoms with Crippen molar-refractivity contribution in [2.45, 2.75) is 10.9 Å². The minimum atomic E-state index is -3.87. The van der Waals surface area contributed by atoms with Crippen LogP contribution in [0.25, 0.3) is 0 Å². The third kappa shape index (κ3) is 2.92. The lowest BCUT2D eigenvalue weighted by atomic mass is 9.89. The van der Waals surface area contributed by atoms with Crippen LogP contribution in [0.1, 0.15) is 11.5 Å². The Labute approximate surface area is 138 Å². The van der Waals surface area contributed by atoms with Crippen LogP contribution in [-0.2, 0) is 21.9 Å². The Hall–Kier alpha value is -2.26. The first kappa shape index (κ1) is 16.6. The average molecular weight is 353 g/mol. The largest absolute Gasteiger partial charge is 0.481 e. The maximum atomic E-state index is 13.1. The molecular weight excluding hydrogens is 337 g/mol. The molecule has 2 atom stereocenters. The van der Waals surface area contributed by atoms with Crippen molar-refractivity contribution in [3.8, 4) is 0 Å². The van der Waals surface area contributed by atoms with Gasteiger partial charge in [0.25, 0.3) is 10.0 Å². The van der Waals surface area contributed by atoms with E-state index in [1.807, 2.05) is 0 Å². The number of carboxylic acid groups (broad SMARTS) is 1. The predicted octanol–water partition coefficient (Wildman–Crippen LogP) is 1.05. The first-order valence-electron chi connectivity index (χ1n) is 7.25. The van der Waals surface area contributed by atoms with E-state index < -0.39 is 33.6 Å². The summed E-state index contributed by atoms with van der Waals surface area (Å²) in [5, 5.41) is 9.33. The minimum absolute atomic E-state index is 0.0154. The van der Waals surface area contributed by atoms with Crippen LogP contribution in [0, 0.1) is 11.7 Å². The van der Waals surface area contributed by atoms with Gasteiger partial charge in [0.2, 0.25) is 0 Å². The first-order valence-corrected chi connectivity index (χ1v) is 8.69. The van der Waals surface area contributed by atoms with Gasteiger partial charge < -0.3 is 9.67 Å². The molecule has 1 aliphatic rings. The van der Waals surface area contributed by atoms with E-state index in [9.17, 15) is 22.7 Å². The summed E-state index contributed by atoms with van der Waals surface area (Å²) in [6, 6.07) is 5.47. The monoisotopic (exact) mass is 353 g/mol. The van der Waals surface area contributed by atoms with Crippen molar-refractivity contribution < 1.29 is 22.7 Å². The standard InChI is InChI=1S/C15H16FN3O4S/c1-18-8-14(17-9-18)24(22,23)19-6-12(13(7-19)15(20)21)10-2-4-11(16)5-3-10/h2-5,8-9,12-13H,6-7H2,1H3,(H,20,21)/t12-,13+/m1/s1. The fourth-order valence-corrected chi connectivity index (χ4v) is 4.37. The highest BCUT2D eigenvalue weighted by Crippen LogP contribution is 2.35. The van der Waals surface area contributed by atoms with Crippen LogP contribution in [0.2, 0.25) is 0 Å². The van der Waals surface area contributed by atoms with Crippen LogP contribution in [0.5, 0.6) is 0 Å². The number of aryl methyl sites for hydroxylation is 1. The van der Waals surface area contributed by atoms with Crippen molar-refractivity contribution in [3.05, 3.63) is 48.2 Å². The van der Waals surface area contributed by atoms with Gasteiger partial charge in [0.1, 0.15) is 5.82 Å². The van der Waals surface area contributed by atoms with Crippen LogP contribution in [0.3, 0.4) is 0 Å². The maximum Gasteiger partial charge on any atom is 0.308 e. The molecule has 128 valence electrons. The minimum Gasteiger partial charge on any atom is -0.481 e. The van der Waals surface area contributed by atoms with Crippen molar-refractivity contribution in [1.29, 1.82) is 0 Å². The molecule has 9 heteroatoms. The zero-order valence-electron chi connectivity index (χ0n) is 12.8. The quantitative estimate of drug-likeness (QED) is 0.887. The molecule has 3 rings (SSSR count). The summed E-state index contributed by atoms with van der Waals surface area (Å²) in [6.45, 7) is -0.127. The highest BCUT2D eigenvalue weighted by molar-refractivity contribution is 7.89. The van der Waals surface area contributed by atoms with E-state index >= 15 is 0 Å². The van der Waals surface area contributed by atoms with Gasteiger partial charge in [-0.1, -0.05) is 12.1 Å². The number of aliphatic carboxylic acids is 1. The van der Waals surface area contributed by atoms with Gasteiger partial charge in [0.15, 0.2) is 5.03 Å². The normalized spacial score (nSPS) is 21.9. The van der Waals surface area contributed by atoms with Crippen molar-refractivity contribution >= 4 is 16.0 Å². The zero-order valence-corrected chi connectivity index (χ0v) is 13.6. The lowest BCUT2D eigenvalue weighted by Crippen LogP contribution is -2.30. The van der Waals surface area contributed by atoms with Gasteiger partial charge in [-0.05, 0) is 17.7 Å². The second-order valence-electron chi connectivity index (χ2n) is 5.80. The molecule has 1 saturated heterocycles. The molecule has 0 amide bonds. The summed E-state index contributed by atoms with van der Waals surface area (Å²) in [7, 11) is -2.22. The topological polar surface area (TPSA) is 92.5 Å². The molecule has 24 heavy (non-hydrogen) atoms. The van der Waals surface area contributed by atoms with Gasteiger partial charge in [-0.25, -0.2) is 17.8 Å². The third-order valence-corrected chi connectivity index (χ3v) is 5.90. The van der Waals surface area contributed by atoms with Crippen LogP contribution >= 0.6 is 0 Å². The van der Waals surface area contributed by atoms with Crippen molar-refractivity contribution in [3.63, 3.8) is 0 Å². The van der Waals surface area contributed by atoms with Crippen LogP contribution in [0.4, 0.5) is 4.39 Å². The first-order chi connectivity index (χ1) is 11.3. The molecule has 1 aliphatic heterocycles. The number of sulfonamides is 1. The number of aromatic nitrogens is 2. The smallest absolute Gasteiger partial charge is 0.308 e. The van der Waals surface area contributed by atoms with E-state index in [1.54, 1.807) is 7.05 Å². The van der Waals surface area contributed by atoms with Gasteiger partial charge >= 0.3 is 5.97 Å². The number of benzene rings is 1. The Bertz CT molecular complexity index is 863. The Morgan fingerprint density at radius 1 is 1.29 bits per heavy atom. The number of nitrogens with zero attached hydrogens (tertiary/aromatic N) is 3. The molecule has 2 heterocycles. The molecule has 1 aromatic heterocycles. The molecule has 0 aliphatic carbocycles. The average Bonchev–Trinajstić information content (AvgIpc) is 3.15. The lowest BCUT2D eigenvalue weighted by molar-refractivity contribution is -0.141. The highest BCUT2D eigenvalue weighted by atomic mass is 32.2. The number of carbonyl (C=O) groups is 1. The summed E-state index contributed by atoms with van der Waals surface area (Å²) in [4.78, 5) is 15.4. The van der Waals surface area contributed by atoms with Gasteiger partial charge in [-0.2, -0.15) is 4.31 Å². The van der Waals surface area contributed by atoms with E-state index in [0.29, 0.717) is 5.56 Å². The number of halogens is 1. The highest BCUT2D eigenvalue weighted by Gasteiger charge is 2.44. The molecule has 0 unspecified atom stereocenters. The van der Waals surface area contributed by atoms with E-state index in [-0.39, 0.29) is 18.1 Å². The zero-order chi connectivity index (χ0) is 17.5. The number of hydrogen-bond donors (Lipinski definition) is 1. The summed E-state index contributed by atoms with van der Waals surface area (Å²) < 4.78 is 41.0. The molecule has 7 nitrogen and oxygen atoms in total. The van der Waals surface area contributed by atoms with E-state index in [4.69, 9.17) is 0 Å². The Morgan fingerprint density at radius 3 is 2.50 bits per heavy atom. The summed E-state index contributed by atoms with van der Waals surface area (Å²) in [5.74, 6) is -2.94. The molecule has 0 radical (unpaired) electrons. The van der Waals surface area contributed by atoms with Crippen molar-refractivity contribution in [2.75, 3.05) is 13.1 Å². The predicted molar refractivity (Wildman–Crippen MR) is 82.2 cm³/mol. The Kier molecular flexibility index (Phi) is 4.14. The van der Waals surface area contributed by atoms with Crippen LogP contribution < -0.4 is 0 Å². The number of imidazole rings is 1. The van der Waals surface area contributed by atoms with E-state index in [2.05, 4.69) is 4.98 Å². The van der Waals surface area contributed by atoms with Crippen molar-refractivity contribution in [1.82, 2.24) is 13.9 Å². The Morgan fingerprint density at radius 2 is 1.96 bits per heavy atom. The molecule has 1 N–H and O–H groups in total. The van der Waals surface area contributed by atoms with E-state index in [1.165, 1.54) is 41.4 Å². The lowest BCUT2D eigenvalue weighted by Gasteiger charge is -2.15. The fourth-order valence-electron chi connectivity index (χ4n) is 2.92. The summed E-state index contributed by atoms with van der Waals surface area (Å²) in [6.07, 6.45) is 2.74. The SMILES string of the molecule is Cn1cnc(S(=O)(=O)N2C[C@H](C(=O)O)[C@@H](c3ccc(F)cc3)C2)c1. The number of carboxylic acids is 1. The molecule has 0 spiro atoms. The molecule has 0 bridgehead atoms. The van der Waals surface area contributed by atoms with Crippen LogP contribution in [-0.4, -0.2) is 46.4 Å².